The number of hydrogen-bond acceptors (Lipinski definition) is 2. The molecule has 4 bridgehead atoms. The third-order valence-electron chi connectivity index (χ3n) is 17.8. The molecule has 0 aliphatic heterocycles. The second kappa shape index (κ2) is 16.0. The molecule has 10 aromatic carbocycles. The highest BCUT2D eigenvalue weighted by molar-refractivity contribution is 7.25. The van der Waals surface area contributed by atoms with Crippen molar-refractivity contribution in [2.24, 2.45) is 23.7 Å². The van der Waals surface area contributed by atoms with Gasteiger partial charge in [0.2, 0.25) is 0 Å². The predicted molar refractivity (Wildman–Crippen MR) is 299 cm³/mol. The topological polar surface area (TPSA) is 3.24 Å². The van der Waals surface area contributed by atoms with E-state index in [0.29, 0.717) is 11.8 Å². The highest BCUT2D eigenvalue weighted by Gasteiger charge is 2.63. The van der Waals surface area contributed by atoms with E-state index in [-0.39, 0.29) is 5.41 Å². The summed E-state index contributed by atoms with van der Waals surface area (Å²) in [4.78, 5) is 2.58. The van der Waals surface area contributed by atoms with Gasteiger partial charge in [0.25, 0.3) is 0 Å². The molecule has 0 radical (unpaired) electrons. The highest BCUT2D eigenvalue weighted by atomic mass is 32.1. The van der Waals surface area contributed by atoms with E-state index in [1.807, 2.05) is 11.3 Å². The van der Waals surface area contributed by atoms with E-state index in [1.165, 1.54) is 119 Å². The van der Waals surface area contributed by atoms with Crippen LogP contribution in [0.5, 0.6) is 0 Å². The number of anilines is 3. The zero-order valence-corrected chi connectivity index (χ0v) is 40.5. The number of thiophene rings is 1. The van der Waals surface area contributed by atoms with Crippen molar-refractivity contribution in [2.75, 3.05) is 4.90 Å². The van der Waals surface area contributed by atoms with Crippen LogP contribution < -0.4 is 4.90 Å². The van der Waals surface area contributed by atoms with Gasteiger partial charge in [-0.1, -0.05) is 194 Å². The maximum absolute atomic E-state index is 2.70. The number of rotatable bonds is 7. The summed E-state index contributed by atoms with van der Waals surface area (Å²) in [7, 11) is 0. The number of nitrogens with zero attached hydrogens (tertiary/aromatic N) is 1. The molecule has 4 saturated carbocycles. The van der Waals surface area contributed by atoms with Crippen molar-refractivity contribution in [3.63, 3.8) is 0 Å². The molecule has 4 fully saturated rings. The molecule has 5 aliphatic rings. The van der Waals surface area contributed by atoms with Gasteiger partial charge >= 0.3 is 0 Å². The van der Waals surface area contributed by atoms with E-state index in [1.54, 1.807) is 11.1 Å². The zero-order valence-electron chi connectivity index (χ0n) is 39.7. The van der Waals surface area contributed by atoms with Crippen LogP contribution in [0.15, 0.2) is 237 Å². The summed E-state index contributed by atoms with van der Waals surface area (Å²) in [6, 6.07) is 90.3. The van der Waals surface area contributed by atoms with E-state index in [4.69, 9.17) is 0 Å². The molecule has 16 rings (SSSR count). The van der Waals surface area contributed by atoms with Crippen molar-refractivity contribution in [1.29, 1.82) is 0 Å². The zero-order chi connectivity index (χ0) is 46.7. The largest absolute Gasteiger partial charge is 0.310 e. The molecule has 1 aromatic heterocycles. The number of fused-ring (bicyclic) bond motifs is 6. The summed E-state index contributed by atoms with van der Waals surface area (Å²) >= 11 is 1.88. The molecule has 0 N–H and O–H groups in total. The Morgan fingerprint density at radius 3 is 1.68 bits per heavy atom. The molecule has 5 aliphatic carbocycles. The van der Waals surface area contributed by atoms with Crippen LogP contribution in [-0.2, 0) is 10.8 Å². The Hall–Kier alpha value is -7.52. The first-order chi connectivity index (χ1) is 35.2. The lowest BCUT2D eigenvalue weighted by molar-refractivity contribution is -0.0440. The van der Waals surface area contributed by atoms with Crippen LogP contribution in [0.1, 0.15) is 65.5 Å². The molecule has 11 aromatic rings. The molecule has 1 spiro atoms. The van der Waals surface area contributed by atoms with Gasteiger partial charge < -0.3 is 4.90 Å². The minimum absolute atomic E-state index is 0.0863. The third kappa shape index (κ3) is 5.98. The van der Waals surface area contributed by atoms with Crippen LogP contribution in [-0.4, -0.2) is 0 Å². The summed E-state index contributed by atoms with van der Waals surface area (Å²) in [5.41, 5.74) is 16.7. The number of benzene rings is 10. The fourth-order valence-electron chi connectivity index (χ4n) is 15.4. The monoisotopic (exact) mass is 927 g/mol. The molecule has 1 nitrogen and oxygen atoms in total. The Morgan fingerprint density at radius 1 is 0.380 bits per heavy atom. The predicted octanol–water partition coefficient (Wildman–Crippen LogP) is 18.4. The molecular weight excluding hydrogens is 875 g/mol. The molecule has 0 unspecified atom stereocenters. The number of hydrogen-bond donors (Lipinski definition) is 0. The Bertz CT molecular complexity index is 3770. The smallest absolute Gasteiger partial charge is 0.0707 e. The normalized spacial score (nSPS) is 21.4. The minimum atomic E-state index is -0.494. The minimum Gasteiger partial charge on any atom is -0.310 e. The molecule has 71 heavy (non-hydrogen) atoms. The summed E-state index contributed by atoms with van der Waals surface area (Å²) in [6.45, 7) is 0. The second-order valence-electron chi connectivity index (χ2n) is 21.1. The summed E-state index contributed by atoms with van der Waals surface area (Å²) in [6.07, 6.45) is 6.71. The Balaban J connectivity index is 0.962. The van der Waals surface area contributed by atoms with Crippen molar-refractivity contribution >= 4 is 59.3 Å². The van der Waals surface area contributed by atoms with Gasteiger partial charge in [-0.2, -0.15) is 0 Å². The van der Waals surface area contributed by atoms with Gasteiger partial charge in [-0.25, -0.2) is 0 Å². The van der Waals surface area contributed by atoms with Crippen LogP contribution in [0.3, 0.4) is 0 Å². The van der Waals surface area contributed by atoms with Gasteiger partial charge in [-0.05, 0) is 159 Å². The van der Waals surface area contributed by atoms with Crippen molar-refractivity contribution in [3.8, 4) is 22.3 Å². The summed E-state index contributed by atoms with van der Waals surface area (Å²) in [5.74, 6) is 2.87. The second-order valence-corrected chi connectivity index (χ2v) is 22.2. The highest BCUT2D eigenvalue weighted by Crippen LogP contribution is 2.70. The van der Waals surface area contributed by atoms with E-state index in [2.05, 4.69) is 241 Å². The average Bonchev–Trinajstić information content (AvgIpc) is 3.83. The van der Waals surface area contributed by atoms with Gasteiger partial charge in [0.15, 0.2) is 0 Å². The van der Waals surface area contributed by atoms with Crippen LogP contribution in [0.25, 0.3) is 53.2 Å². The van der Waals surface area contributed by atoms with Gasteiger partial charge in [-0.3, -0.25) is 0 Å². The van der Waals surface area contributed by atoms with E-state index >= 15 is 0 Å². The molecule has 1 heterocycles. The van der Waals surface area contributed by atoms with E-state index in [9.17, 15) is 0 Å². The van der Waals surface area contributed by atoms with Gasteiger partial charge in [0.05, 0.1) is 11.1 Å². The van der Waals surface area contributed by atoms with Crippen molar-refractivity contribution < 1.29 is 0 Å². The van der Waals surface area contributed by atoms with Crippen molar-refractivity contribution in [1.82, 2.24) is 0 Å². The van der Waals surface area contributed by atoms with Gasteiger partial charge in [-0.15, -0.1) is 11.3 Å². The lowest BCUT2D eigenvalue weighted by Gasteiger charge is -2.65. The first-order valence-corrected chi connectivity index (χ1v) is 26.7. The molecule has 0 atom stereocenters. The molecule has 2 heteroatoms. The SMILES string of the molecule is c1ccc(C2(c3ccccc3)c3ccccc3C3(c4cc(N(c5ccc(-c6ccccc6-c6cccc7sc8ccccc8c67)cc5)c5cccc6ccccc56)ccc42)[C@H]2C[C@H]4C[C@H](C[C@H]3C4)C2)cc1. The average molecular weight is 928 g/mol. The molecule has 340 valence electrons. The summed E-state index contributed by atoms with van der Waals surface area (Å²) < 4.78 is 2.66. The Labute approximate surface area is 420 Å². The fraction of sp³-hybridized carbons (Fsp3) is 0.159. The van der Waals surface area contributed by atoms with Gasteiger partial charge in [0, 0.05) is 42.3 Å². The van der Waals surface area contributed by atoms with Crippen LogP contribution in [0.4, 0.5) is 17.1 Å². The molecule has 0 amide bonds. The summed E-state index contributed by atoms with van der Waals surface area (Å²) in [5, 5.41) is 5.16. The van der Waals surface area contributed by atoms with Crippen molar-refractivity contribution in [3.05, 3.63) is 270 Å². The Kier molecular flexibility index (Phi) is 9.30. The van der Waals surface area contributed by atoms with Crippen molar-refractivity contribution in [2.45, 2.75) is 42.9 Å². The Morgan fingerprint density at radius 2 is 0.930 bits per heavy atom. The van der Waals surface area contributed by atoms with Gasteiger partial charge in [0.1, 0.15) is 0 Å². The van der Waals surface area contributed by atoms with E-state index in [0.717, 1.165) is 17.5 Å². The maximum Gasteiger partial charge on any atom is 0.0707 e. The lowest BCUT2D eigenvalue weighted by Crippen LogP contribution is -2.59. The standard InChI is InChI=1S/C69H53NS/c1-3-19-49(20-4-1)68(50-21-5-2-6-22-50)60-28-12-13-29-61(60)69(51-40-45-39-46(42-51)43-52(69)41-45)63-44-54(37-38-62(63)68)70(64-30-15-18-47-17-7-8-24-56(47)64)53-35-33-48(34-36-53)55-23-9-10-25-57(55)58-27-16-32-66-67(58)59-26-11-14-31-65(59)71-66/h1-38,44-46,51-52H,39-43H2/t45-,46+,51+,52-,69?. The molecule has 0 saturated heterocycles. The lowest BCUT2D eigenvalue weighted by atomic mass is 9.38. The van der Waals surface area contributed by atoms with E-state index < -0.39 is 5.41 Å². The van der Waals surface area contributed by atoms with Crippen LogP contribution in [0.2, 0.25) is 0 Å². The maximum atomic E-state index is 2.70. The first kappa shape index (κ1) is 41.3. The first-order valence-electron chi connectivity index (χ1n) is 25.9. The quantitative estimate of drug-likeness (QED) is 0.154. The van der Waals surface area contributed by atoms with Crippen LogP contribution in [0, 0.1) is 23.7 Å². The fourth-order valence-corrected chi connectivity index (χ4v) is 16.5. The van der Waals surface area contributed by atoms with Crippen LogP contribution >= 0.6 is 11.3 Å². The molecular formula is C69H53NS. The third-order valence-corrected chi connectivity index (χ3v) is 18.9.